The number of carbonyl (C=O) groups excluding carboxylic acids is 1. The summed E-state index contributed by atoms with van der Waals surface area (Å²) in [4.78, 5) is 15.0. The van der Waals surface area contributed by atoms with Gasteiger partial charge in [0.1, 0.15) is 0 Å². The quantitative estimate of drug-likeness (QED) is 0.609. The molecule has 1 aromatic carbocycles. The summed E-state index contributed by atoms with van der Waals surface area (Å²) in [5.41, 5.74) is -3.44. The van der Waals surface area contributed by atoms with E-state index in [9.17, 15) is 31.1 Å². The number of nitrogens with one attached hydrogen (secondary N) is 1. The van der Waals surface area contributed by atoms with E-state index in [-0.39, 0.29) is 36.1 Å². The lowest BCUT2D eigenvalue weighted by molar-refractivity contribution is -0.143. The smallest absolute Gasteiger partial charge is 0.372 e. The highest BCUT2D eigenvalue weighted by Gasteiger charge is 2.53. The van der Waals surface area contributed by atoms with Crippen LogP contribution in [0.4, 0.5) is 26.3 Å². The van der Waals surface area contributed by atoms with E-state index in [1.165, 1.54) is 0 Å². The molecule has 10 heteroatoms. The van der Waals surface area contributed by atoms with Gasteiger partial charge in [-0.2, -0.15) is 26.3 Å². The van der Waals surface area contributed by atoms with Gasteiger partial charge in [0.05, 0.1) is 29.8 Å². The zero-order valence-corrected chi connectivity index (χ0v) is 18.4. The van der Waals surface area contributed by atoms with Gasteiger partial charge >= 0.3 is 12.4 Å². The topological polar surface area (TPSA) is 41.6 Å². The molecule has 3 aliphatic rings. The predicted octanol–water partition coefficient (Wildman–Crippen LogP) is 5.15. The van der Waals surface area contributed by atoms with Gasteiger partial charge in [-0.1, -0.05) is 0 Å². The van der Waals surface area contributed by atoms with Gasteiger partial charge < -0.3 is 15.0 Å². The number of alkyl halides is 6. The van der Waals surface area contributed by atoms with Gasteiger partial charge in [-0.05, 0) is 69.2 Å². The molecule has 1 N–H and O–H groups in total. The number of benzene rings is 1. The fraction of sp³-hybridized carbons (Fsp3) is 0.696. The van der Waals surface area contributed by atoms with Gasteiger partial charge in [-0.3, -0.25) is 4.79 Å². The summed E-state index contributed by atoms with van der Waals surface area (Å²) in [6.07, 6.45) is -5.30. The Kier molecular flexibility index (Phi) is 6.46. The number of hydrogen-bond donors (Lipinski definition) is 1. The molecule has 2 bridgehead atoms. The Morgan fingerprint density at radius 3 is 2.21 bits per heavy atom. The van der Waals surface area contributed by atoms with Crippen molar-refractivity contribution in [3.8, 4) is 0 Å². The standard InChI is InChI=1S/C23H28F6N2O2/c1-21-12-17(20(32)31-7-3-2-4-8-31)18(30-21)5-6-19(21)33-13-14-9-15(22(24,25)26)11-16(10-14)23(27,28)29/h9-11,17-19,30H,2-8,12-13H2,1H3. The van der Waals surface area contributed by atoms with Crippen LogP contribution in [0.1, 0.15) is 62.1 Å². The maximum absolute atomic E-state index is 13.1. The van der Waals surface area contributed by atoms with Crippen LogP contribution in [0.2, 0.25) is 0 Å². The summed E-state index contributed by atoms with van der Waals surface area (Å²) in [7, 11) is 0. The first-order valence-electron chi connectivity index (χ1n) is 11.3. The fourth-order valence-corrected chi connectivity index (χ4v) is 5.50. The molecule has 4 rings (SSSR count). The minimum Gasteiger partial charge on any atom is -0.372 e. The summed E-state index contributed by atoms with van der Waals surface area (Å²) in [6, 6.07) is 1.53. The van der Waals surface area contributed by atoms with Crippen LogP contribution < -0.4 is 5.32 Å². The molecular weight excluding hydrogens is 450 g/mol. The maximum atomic E-state index is 13.1. The Hall–Kier alpha value is -1.81. The molecular formula is C23H28F6N2O2. The molecule has 0 radical (unpaired) electrons. The second kappa shape index (κ2) is 8.76. The number of carbonyl (C=O) groups is 1. The van der Waals surface area contributed by atoms with E-state index in [0.717, 1.165) is 32.4 Å². The number of amides is 1. The number of likely N-dealkylation sites (tertiary alicyclic amines) is 1. The van der Waals surface area contributed by atoms with Crippen LogP contribution in [0.3, 0.4) is 0 Å². The van der Waals surface area contributed by atoms with Crippen LogP contribution in [0.5, 0.6) is 0 Å². The lowest BCUT2D eigenvalue weighted by Gasteiger charge is -2.39. The Balaban J connectivity index is 1.46. The Morgan fingerprint density at radius 2 is 1.64 bits per heavy atom. The molecule has 3 heterocycles. The summed E-state index contributed by atoms with van der Waals surface area (Å²) in [5.74, 6) is -0.0589. The van der Waals surface area contributed by atoms with E-state index >= 15 is 0 Å². The third-order valence-corrected chi connectivity index (χ3v) is 7.18. The van der Waals surface area contributed by atoms with E-state index in [4.69, 9.17) is 4.74 Å². The predicted molar refractivity (Wildman–Crippen MR) is 108 cm³/mol. The average Bonchev–Trinajstić information content (AvgIpc) is 3.03. The highest BCUT2D eigenvalue weighted by Crippen LogP contribution is 2.42. The number of rotatable bonds is 4. The molecule has 4 nitrogen and oxygen atoms in total. The molecule has 0 aromatic heterocycles. The molecule has 0 spiro atoms. The molecule has 1 amide bonds. The minimum atomic E-state index is -4.89. The monoisotopic (exact) mass is 478 g/mol. The van der Waals surface area contributed by atoms with Crippen molar-refractivity contribution < 1.29 is 35.9 Å². The molecule has 1 aromatic rings. The number of fused-ring (bicyclic) bond motifs is 2. The molecule has 3 fully saturated rings. The van der Waals surface area contributed by atoms with Gasteiger partial charge in [0.15, 0.2) is 0 Å². The van der Waals surface area contributed by atoms with Crippen molar-refractivity contribution in [1.82, 2.24) is 10.2 Å². The maximum Gasteiger partial charge on any atom is 0.416 e. The Labute approximate surface area is 188 Å². The van der Waals surface area contributed by atoms with Crippen molar-refractivity contribution in [2.75, 3.05) is 13.1 Å². The van der Waals surface area contributed by atoms with E-state index in [0.29, 0.717) is 31.4 Å². The van der Waals surface area contributed by atoms with Crippen LogP contribution in [0.15, 0.2) is 18.2 Å². The van der Waals surface area contributed by atoms with Crippen LogP contribution in [0, 0.1) is 5.92 Å². The van der Waals surface area contributed by atoms with Crippen LogP contribution >= 0.6 is 0 Å². The molecule has 3 aliphatic heterocycles. The van der Waals surface area contributed by atoms with Gasteiger partial charge in [-0.25, -0.2) is 0 Å². The number of hydrogen-bond acceptors (Lipinski definition) is 3. The van der Waals surface area contributed by atoms with Crippen molar-refractivity contribution in [2.45, 2.75) is 82.1 Å². The Bertz CT molecular complexity index is 848. The van der Waals surface area contributed by atoms with Crippen molar-refractivity contribution in [1.29, 1.82) is 0 Å². The second-order valence-corrected chi connectivity index (χ2v) is 9.66. The van der Waals surface area contributed by atoms with E-state index in [1.807, 2.05) is 11.8 Å². The summed E-state index contributed by atoms with van der Waals surface area (Å²) in [5, 5.41) is 3.46. The second-order valence-electron chi connectivity index (χ2n) is 9.66. The van der Waals surface area contributed by atoms with Crippen molar-refractivity contribution in [3.05, 3.63) is 34.9 Å². The molecule has 0 saturated carbocycles. The number of piperidine rings is 2. The summed E-state index contributed by atoms with van der Waals surface area (Å²) in [6.45, 7) is 3.07. The third kappa shape index (κ3) is 5.16. The molecule has 0 aliphatic carbocycles. The van der Waals surface area contributed by atoms with E-state index in [1.54, 1.807) is 0 Å². The first-order chi connectivity index (χ1) is 15.4. The largest absolute Gasteiger partial charge is 0.416 e. The molecule has 3 saturated heterocycles. The van der Waals surface area contributed by atoms with Crippen molar-refractivity contribution >= 4 is 5.91 Å². The van der Waals surface area contributed by atoms with Gasteiger partial charge in [0, 0.05) is 24.7 Å². The SMILES string of the molecule is CC12CC(C(=O)N3CCCCC3)C(CCC1OCc1cc(C(F)(F)F)cc(C(F)(F)F)c1)N2. The van der Waals surface area contributed by atoms with Gasteiger partial charge in [0.25, 0.3) is 0 Å². The first-order valence-corrected chi connectivity index (χ1v) is 11.3. The van der Waals surface area contributed by atoms with E-state index < -0.39 is 35.1 Å². The van der Waals surface area contributed by atoms with E-state index in [2.05, 4.69) is 5.32 Å². The molecule has 184 valence electrons. The zero-order valence-electron chi connectivity index (χ0n) is 18.4. The zero-order chi connectivity index (χ0) is 24.0. The Morgan fingerprint density at radius 1 is 1.03 bits per heavy atom. The fourth-order valence-electron chi connectivity index (χ4n) is 5.50. The van der Waals surface area contributed by atoms with Crippen molar-refractivity contribution in [2.24, 2.45) is 5.92 Å². The van der Waals surface area contributed by atoms with Crippen molar-refractivity contribution in [3.63, 3.8) is 0 Å². The number of nitrogens with zero attached hydrogens (tertiary/aromatic N) is 1. The lowest BCUT2D eigenvalue weighted by Crippen LogP contribution is -2.55. The minimum absolute atomic E-state index is 0.00895. The summed E-state index contributed by atoms with van der Waals surface area (Å²) < 4.78 is 84.7. The average molecular weight is 478 g/mol. The molecule has 4 unspecified atom stereocenters. The first kappa shape index (κ1) is 24.3. The van der Waals surface area contributed by atoms with Crippen LogP contribution in [0.25, 0.3) is 0 Å². The molecule has 33 heavy (non-hydrogen) atoms. The highest BCUT2D eigenvalue weighted by atomic mass is 19.4. The summed E-state index contributed by atoms with van der Waals surface area (Å²) >= 11 is 0. The molecule has 4 atom stereocenters. The number of ether oxygens (including phenoxy) is 1. The number of halogens is 6. The van der Waals surface area contributed by atoms with Crippen LogP contribution in [-0.2, 0) is 28.5 Å². The highest BCUT2D eigenvalue weighted by molar-refractivity contribution is 5.80. The van der Waals surface area contributed by atoms with Gasteiger partial charge in [-0.15, -0.1) is 0 Å². The van der Waals surface area contributed by atoms with Crippen LogP contribution in [-0.4, -0.2) is 41.6 Å². The third-order valence-electron chi connectivity index (χ3n) is 7.18. The normalized spacial score (nSPS) is 30.5. The lowest BCUT2D eigenvalue weighted by atomic mass is 9.88. The van der Waals surface area contributed by atoms with Gasteiger partial charge in [0.2, 0.25) is 5.91 Å².